The zero-order chi connectivity index (χ0) is 19.8. The molecule has 8 heteroatoms. The third-order valence-corrected chi connectivity index (χ3v) is 3.67. The Labute approximate surface area is 155 Å². The Morgan fingerprint density at radius 1 is 1.26 bits per heavy atom. The lowest BCUT2D eigenvalue weighted by Crippen LogP contribution is -2.24. The first kappa shape index (κ1) is 19.6. The molecule has 2 rings (SSSR count). The van der Waals surface area contributed by atoms with E-state index in [-0.39, 0.29) is 41.5 Å². The van der Waals surface area contributed by atoms with Crippen molar-refractivity contribution in [2.45, 2.75) is 12.8 Å². The highest BCUT2D eigenvalue weighted by Crippen LogP contribution is 2.27. The molecule has 0 heterocycles. The molecule has 0 radical (unpaired) electrons. The van der Waals surface area contributed by atoms with E-state index in [0.29, 0.717) is 5.56 Å². The number of nitrogens with one attached hydrogen (secondary N) is 1. The fourth-order valence-corrected chi connectivity index (χ4v) is 2.34. The molecular formula is C19H18N2O6. The van der Waals surface area contributed by atoms with Crippen molar-refractivity contribution in [1.29, 1.82) is 0 Å². The van der Waals surface area contributed by atoms with E-state index in [1.807, 2.05) is 0 Å². The largest absolute Gasteiger partial charge is 0.510 e. The van der Waals surface area contributed by atoms with Gasteiger partial charge in [0, 0.05) is 25.0 Å². The number of aliphatic hydroxyl groups is 1. The maximum Gasteiger partial charge on any atom is 0.311 e. The Hall–Kier alpha value is -3.68. The summed E-state index contributed by atoms with van der Waals surface area (Å²) in [6.07, 6.45) is 9.66. The summed E-state index contributed by atoms with van der Waals surface area (Å²) in [5.74, 6) is -0.732. The summed E-state index contributed by atoms with van der Waals surface area (Å²) in [4.78, 5) is 33.6. The number of ether oxygens (including phenoxy) is 1. The Morgan fingerprint density at radius 2 is 2.00 bits per heavy atom. The molecule has 27 heavy (non-hydrogen) atoms. The van der Waals surface area contributed by atoms with Crippen LogP contribution >= 0.6 is 0 Å². The molecule has 0 saturated heterocycles. The Balaban J connectivity index is 1.92. The van der Waals surface area contributed by atoms with Gasteiger partial charge in [-0.3, -0.25) is 19.7 Å². The van der Waals surface area contributed by atoms with E-state index in [4.69, 9.17) is 4.74 Å². The summed E-state index contributed by atoms with van der Waals surface area (Å²) < 4.78 is 4.94. The second kappa shape index (κ2) is 9.14. The number of methoxy groups -OCH3 is 1. The molecule has 1 aromatic rings. The highest BCUT2D eigenvalue weighted by molar-refractivity contribution is 6.03. The van der Waals surface area contributed by atoms with Gasteiger partial charge in [0.15, 0.2) is 11.5 Å². The number of carbonyl (C=O) groups is 2. The maximum absolute atomic E-state index is 11.7. The topological polar surface area (TPSA) is 119 Å². The van der Waals surface area contributed by atoms with Crippen molar-refractivity contribution in [1.82, 2.24) is 5.32 Å². The number of Topliss-reactive ketones (excluding diaryl/α,β-unsaturated/α-hetero) is 1. The quantitative estimate of drug-likeness (QED) is 0.250. The van der Waals surface area contributed by atoms with Crippen molar-refractivity contribution in [3.05, 3.63) is 75.7 Å². The molecule has 0 aliphatic heterocycles. The summed E-state index contributed by atoms with van der Waals surface area (Å²) in [6, 6.07) is 4.59. The van der Waals surface area contributed by atoms with Gasteiger partial charge in [0.2, 0.25) is 5.91 Å². The zero-order valence-corrected chi connectivity index (χ0v) is 14.5. The molecule has 1 aliphatic rings. The Morgan fingerprint density at radius 3 is 2.63 bits per heavy atom. The fraction of sp³-hybridized carbons (Fsp3) is 0.158. The molecule has 0 saturated carbocycles. The van der Waals surface area contributed by atoms with Gasteiger partial charge < -0.3 is 15.2 Å². The van der Waals surface area contributed by atoms with Crippen LogP contribution in [0.1, 0.15) is 18.4 Å². The smallest absolute Gasteiger partial charge is 0.311 e. The van der Waals surface area contributed by atoms with Gasteiger partial charge in [0.25, 0.3) is 0 Å². The van der Waals surface area contributed by atoms with Gasteiger partial charge in [-0.1, -0.05) is 36.4 Å². The second-order valence-corrected chi connectivity index (χ2v) is 5.53. The van der Waals surface area contributed by atoms with Crippen LogP contribution in [0.4, 0.5) is 5.69 Å². The molecule has 140 valence electrons. The fourth-order valence-electron chi connectivity index (χ4n) is 2.34. The van der Waals surface area contributed by atoms with Crippen LogP contribution in [-0.4, -0.2) is 28.8 Å². The predicted octanol–water partition coefficient (Wildman–Crippen LogP) is 2.98. The van der Waals surface area contributed by atoms with E-state index in [9.17, 15) is 24.8 Å². The highest BCUT2D eigenvalue weighted by Gasteiger charge is 2.23. The number of rotatable bonds is 7. The Bertz CT molecular complexity index is 880. The summed E-state index contributed by atoms with van der Waals surface area (Å²) in [5.41, 5.74) is 0.449. The molecule has 1 aromatic carbocycles. The number of nitro groups is 1. The van der Waals surface area contributed by atoms with Crippen molar-refractivity contribution >= 4 is 23.5 Å². The van der Waals surface area contributed by atoms with E-state index in [2.05, 4.69) is 5.32 Å². The Kier molecular flexibility index (Phi) is 6.65. The maximum atomic E-state index is 11.7. The van der Waals surface area contributed by atoms with Gasteiger partial charge in [-0.2, -0.15) is 0 Å². The van der Waals surface area contributed by atoms with Gasteiger partial charge in [-0.05, 0) is 11.6 Å². The van der Waals surface area contributed by atoms with Crippen molar-refractivity contribution < 1.29 is 24.4 Å². The van der Waals surface area contributed by atoms with Crippen molar-refractivity contribution in [2.24, 2.45) is 0 Å². The van der Waals surface area contributed by atoms with E-state index >= 15 is 0 Å². The van der Waals surface area contributed by atoms with E-state index in [1.54, 1.807) is 30.4 Å². The summed E-state index contributed by atoms with van der Waals surface area (Å²) in [7, 11) is 1.36. The average Bonchev–Trinajstić information content (AvgIpc) is 2.96. The highest BCUT2D eigenvalue weighted by atomic mass is 16.6. The number of carbonyl (C=O) groups excluding carboxylic acids is 2. The standard InChI is InChI=1S/C19H18N2O6/c1-27-17-11-8-13(12-14(17)21(25)26)6-4-2-3-5-7-18(24)20-19-15(22)9-10-16(19)23/h2-8,11-12,22H,9-10H2,1H3,(H,20,24)/b3-2+,6-4+,7-5+/i7+1,18+1. The van der Waals surface area contributed by atoms with E-state index in [1.165, 1.54) is 31.4 Å². The van der Waals surface area contributed by atoms with Gasteiger partial charge in [0.05, 0.1) is 12.0 Å². The number of allylic oxidation sites excluding steroid dienone is 6. The van der Waals surface area contributed by atoms with Crippen LogP contribution in [-0.2, 0) is 9.59 Å². The summed E-state index contributed by atoms with van der Waals surface area (Å²) in [5, 5.41) is 22.8. The number of hydrogen-bond acceptors (Lipinski definition) is 6. The summed E-state index contributed by atoms with van der Waals surface area (Å²) >= 11 is 0. The van der Waals surface area contributed by atoms with Gasteiger partial charge in [0.1, 0.15) is 11.5 Å². The van der Waals surface area contributed by atoms with Gasteiger partial charge >= 0.3 is 5.69 Å². The van der Waals surface area contributed by atoms with Crippen LogP contribution in [0.15, 0.2) is 60.0 Å². The van der Waals surface area contributed by atoms with Crippen LogP contribution in [0.2, 0.25) is 0 Å². The molecule has 1 amide bonds. The minimum absolute atomic E-state index is 0.0466. The van der Waals surface area contributed by atoms with Crippen LogP contribution < -0.4 is 10.1 Å². The number of aliphatic hydroxyl groups excluding tert-OH is 1. The molecule has 1 aliphatic carbocycles. The molecule has 0 unspecified atom stereocenters. The average molecular weight is 372 g/mol. The third-order valence-electron chi connectivity index (χ3n) is 3.67. The molecule has 0 fully saturated rings. The number of amides is 1. The molecule has 0 aromatic heterocycles. The van der Waals surface area contributed by atoms with Crippen molar-refractivity contribution in [3.63, 3.8) is 0 Å². The number of hydrogen-bond donors (Lipinski definition) is 2. The lowest BCUT2D eigenvalue weighted by molar-refractivity contribution is -0.385. The third kappa shape index (κ3) is 5.40. The lowest BCUT2D eigenvalue weighted by atomic mass is 10.1. The first-order chi connectivity index (χ1) is 12.9. The van der Waals surface area contributed by atoms with E-state index in [0.717, 1.165) is 0 Å². The number of benzene rings is 1. The van der Waals surface area contributed by atoms with Crippen LogP contribution in [0.5, 0.6) is 5.75 Å². The molecule has 8 nitrogen and oxygen atoms in total. The van der Waals surface area contributed by atoms with Crippen molar-refractivity contribution in [3.8, 4) is 5.75 Å². The molecule has 0 spiro atoms. The van der Waals surface area contributed by atoms with Crippen LogP contribution in [0.25, 0.3) is 6.08 Å². The van der Waals surface area contributed by atoms with Gasteiger partial charge in [-0.25, -0.2) is 0 Å². The normalized spacial score (nSPS) is 14.6. The SMILES string of the molecule is COc1ccc(/C=C/C=C/C=[13CH]/[13C](=O)NC2=C(O)CCC2=O)cc1[N+](=O)[O-]. The number of ketones is 1. The number of nitrogens with zero attached hydrogens (tertiary/aromatic N) is 1. The first-order valence-electron chi connectivity index (χ1n) is 8.02. The van der Waals surface area contributed by atoms with Crippen LogP contribution in [0.3, 0.4) is 0 Å². The zero-order valence-electron chi connectivity index (χ0n) is 14.5. The van der Waals surface area contributed by atoms with Crippen LogP contribution in [0, 0.1) is 10.1 Å². The van der Waals surface area contributed by atoms with Crippen molar-refractivity contribution in [2.75, 3.05) is 7.11 Å². The van der Waals surface area contributed by atoms with Gasteiger partial charge in [-0.15, -0.1) is 0 Å². The minimum Gasteiger partial charge on any atom is -0.510 e. The first-order valence-corrected chi connectivity index (χ1v) is 8.02. The second-order valence-electron chi connectivity index (χ2n) is 5.53. The number of nitro benzene ring substituents is 1. The summed E-state index contributed by atoms with van der Waals surface area (Å²) in [6.45, 7) is 0. The minimum atomic E-state index is -0.522. The monoisotopic (exact) mass is 372 g/mol. The molecule has 0 bridgehead atoms. The lowest BCUT2D eigenvalue weighted by Gasteiger charge is -2.01. The predicted molar refractivity (Wildman–Crippen MR) is 99.0 cm³/mol. The van der Waals surface area contributed by atoms with E-state index < -0.39 is 10.8 Å². The molecular weight excluding hydrogens is 354 g/mol. The molecule has 0 atom stereocenters. The molecule has 2 N–H and O–H groups in total.